The molecule has 3 heterocycles. The van der Waals surface area contributed by atoms with Gasteiger partial charge < -0.3 is 9.64 Å². The van der Waals surface area contributed by atoms with E-state index in [1.165, 1.54) is 11.3 Å². The van der Waals surface area contributed by atoms with E-state index < -0.39 is 5.54 Å². The van der Waals surface area contributed by atoms with Gasteiger partial charge in [0.1, 0.15) is 17.8 Å². The number of ether oxygens (including phenoxy) is 1. The van der Waals surface area contributed by atoms with E-state index in [1.807, 2.05) is 37.3 Å². The van der Waals surface area contributed by atoms with Crippen LogP contribution >= 0.6 is 11.3 Å². The third-order valence-electron chi connectivity index (χ3n) is 4.84. The van der Waals surface area contributed by atoms with Gasteiger partial charge in [-0.25, -0.2) is 9.78 Å². The number of nitrogens with zero attached hydrogens (tertiary/aromatic N) is 3. The van der Waals surface area contributed by atoms with Gasteiger partial charge in [0.25, 0.3) is 5.91 Å². The molecule has 1 unspecified atom stereocenters. The second-order valence-electron chi connectivity index (χ2n) is 6.57. The number of amides is 2. The van der Waals surface area contributed by atoms with Gasteiger partial charge in [-0.1, -0.05) is 30.3 Å². The van der Waals surface area contributed by atoms with E-state index in [2.05, 4.69) is 4.98 Å². The van der Waals surface area contributed by atoms with Crippen molar-refractivity contribution < 1.29 is 14.3 Å². The smallest absolute Gasteiger partial charge is 0.410 e. The highest BCUT2D eigenvalue weighted by molar-refractivity contribution is 7.09. The van der Waals surface area contributed by atoms with E-state index in [1.54, 1.807) is 15.2 Å². The summed E-state index contributed by atoms with van der Waals surface area (Å²) in [4.78, 5) is 32.8. The first-order valence-electron chi connectivity index (χ1n) is 8.27. The first-order valence-corrected chi connectivity index (χ1v) is 9.15. The number of hydrogen-bond acceptors (Lipinski definition) is 5. The number of cyclic esters (lactones) is 1. The van der Waals surface area contributed by atoms with Crippen molar-refractivity contribution in [3.05, 3.63) is 52.0 Å². The number of benzene rings is 1. The van der Waals surface area contributed by atoms with Gasteiger partial charge in [0.2, 0.25) is 0 Å². The number of hydrogen-bond donors (Lipinski definition) is 0. The van der Waals surface area contributed by atoms with Gasteiger partial charge in [0.15, 0.2) is 0 Å². The number of aryl methyl sites for hydroxylation is 1. The van der Waals surface area contributed by atoms with Gasteiger partial charge in [-0.05, 0) is 12.5 Å². The molecule has 2 amide bonds. The second kappa shape index (κ2) is 6.15. The van der Waals surface area contributed by atoms with Crippen LogP contribution in [-0.4, -0.2) is 58.6 Å². The number of carbonyl (C=O) groups excluding carboxylic acids is 2. The van der Waals surface area contributed by atoms with Crippen molar-refractivity contribution >= 4 is 23.3 Å². The van der Waals surface area contributed by atoms with Gasteiger partial charge in [0, 0.05) is 31.4 Å². The minimum absolute atomic E-state index is 0.0733. The summed E-state index contributed by atoms with van der Waals surface area (Å²) in [6, 6.07) is 10.0. The molecule has 1 aromatic heterocycles. The normalized spacial score (nSPS) is 22.7. The molecule has 7 heteroatoms. The third-order valence-corrected chi connectivity index (χ3v) is 5.61. The van der Waals surface area contributed by atoms with E-state index in [4.69, 9.17) is 4.74 Å². The molecule has 0 bridgehead atoms. The predicted molar refractivity (Wildman–Crippen MR) is 93.7 cm³/mol. The van der Waals surface area contributed by atoms with Gasteiger partial charge in [-0.3, -0.25) is 9.69 Å². The number of thiazole rings is 1. The number of piperazine rings is 1. The van der Waals surface area contributed by atoms with Crippen LogP contribution in [0.1, 0.15) is 21.1 Å². The van der Waals surface area contributed by atoms with Gasteiger partial charge in [-0.15, -0.1) is 11.3 Å². The quantitative estimate of drug-likeness (QED) is 0.846. The SMILES string of the molecule is Cc1nc(C(=O)N2CCN3C(=O)OCC3(Cc3ccccc3)C2)cs1. The molecular weight excluding hydrogens is 338 g/mol. The van der Waals surface area contributed by atoms with Crippen molar-refractivity contribution in [2.24, 2.45) is 0 Å². The standard InChI is InChI=1S/C18H19N3O3S/c1-13-19-15(10-25-13)16(22)20-7-8-21-17(23)24-12-18(21,11-20)9-14-5-3-2-4-6-14/h2-6,10H,7-9,11-12H2,1H3. The fourth-order valence-electron chi connectivity index (χ4n) is 3.64. The van der Waals surface area contributed by atoms with E-state index in [9.17, 15) is 9.59 Å². The molecule has 130 valence electrons. The maximum atomic E-state index is 12.8. The molecule has 0 spiro atoms. The average Bonchev–Trinajstić information content (AvgIpc) is 3.19. The molecule has 2 aromatic rings. The highest BCUT2D eigenvalue weighted by atomic mass is 32.1. The minimum Gasteiger partial charge on any atom is -0.447 e. The zero-order chi connectivity index (χ0) is 17.4. The molecule has 2 saturated heterocycles. The monoisotopic (exact) mass is 357 g/mol. The van der Waals surface area contributed by atoms with Crippen molar-refractivity contribution in [3.63, 3.8) is 0 Å². The number of aromatic nitrogens is 1. The molecule has 0 aliphatic carbocycles. The summed E-state index contributed by atoms with van der Waals surface area (Å²) in [7, 11) is 0. The van der Waals surface area contributed by atoms with E-state index in [0.29, 0.717) is 38.4 Å². The number of carbonyl (C=O) groups is 2. The van der Waals surface area contributed by atoms with Crippen molar-refractivity contribution in [1.82, 2.24) is 14.8 Å². The summed E-state index contributed by atoms with van der Waals surface area (Å²) in [5, 5.41) is 2.67. The van der Waals surface area contributed by atoms with E-state index in [0.717, 1.165) is 10.6 Å². The summed E-state index contributed by atoms with van der Waals surface area (Å²) < 4.78 is 5.35. The van der Waals surface area contributed by atoms with Crippen molar-refractivity contribution in [2.75, 3.05) is 26.2 Å². The minimum atomic E-state index is -0.503. The molecule has 1 atom stereocenters. The van der Waals surface area contributed by atoms with E-state index >= 15 is 0 Å². The Kier molecular flexibility index (Phi) is 3.95. The Bertz CT molecular complexity index is 807. The first-order chi connectivity index (χ1) is 12.1. The molecule has 6 nitrogen and oxygen atoms in total. The lowest BCUT2D eigenvalue weighted by atomic mass is 9.88. The number of fused-ring (bicyclic) bond motifs is 1. The molecule has 2 aliphatic heterocycles. The predicted octanol–water partition coefficient (Wildman–Crippen LogP) is 2.34. The first kappa shape index (κ1) is 16.1. The third kappa shape index (κ3) is 2.89. The van der Waals surface area contributed by atoms with E-state index in [-0.39, 0.29) is 12.0 Å². The lowest BCUT2D eigenvalue weighted by Gasteiger charge is -2.44. The largest absolute Gasteiger partial charge is 0.447 e. The topological polar surface area (TPSA) is 62.7 Å². The molecule has 1 aromatic carbocycles. The number of rotatable bonds is 3. The van der Waals surface area contributed by atoms with Gasteiger partial charge in [-0.2, -0.15) is 0 Å². The zero-order valence-electron chi connectivity index (χ0n) is 14.0. The molecule has 0 saturated carbocycles. The maximum Gasteiger partial charge on any atom is 0.410 e. The lowest BCUT2D eigenvalue weighted by molar-refractivity contribution is 0.0371. The molecule has 2 aliphatic rings. The summed E-state index contributed by atoms with van der Waals surface area (Å²) in [6.45, 7) is 3.64. The van der Waals surface area contributed by atoms with Gasteiger partial charge >= 0.3 is 6.09 Å². The zero-order valence-corrected chi connectivity index (χ0v) is 14.8. The van der Waals surface area contributed by atoms with Crippen molar-refractivity contribution in [2.45, 2.75) is 18.9 Å². The second-order valence-corrected chi connectivity index (χ2v) is 7.63. The van der Waals surface area contributed by atoms with Gasteiger partial charge in [0.05, 0.1) is 5.01 Å². The summed E-state index contributed by atoms with van der Waals surface area (Å²) >= 11 is 1.47. The van der Waals surface area contributed by atoms with Crippen molar-refractivity contribution in [3.8, 4) is 0 Å². The summed E-state index contributed by atoms with van der Waals surface area (Å²) in [5.74, 6) is -0.0733. The fraction of sp³-hybridized carbons (Fsp3) is 0.389. The van der Waals surface area contributed by atoms with Crippen molar-refractivity contribution in [1.29, 1.82) is 0 Å². The van der Waals surface area contributed by atoms with Crippen LogP contribution in [0.4, 0.5) is 4.79 Å². The average molecular weight is 357 g/mol. The van der Waals surface area contributed by atoms with Crippen LogP contribution in [0.3, 0.4) is 0 Å². The van der Waals surface area contributed by atoms with Crippen LogP contribution in [0.2, 0.25) is 0 Å². The molecule has 0 radical (unpaired) electrons. The van der Waals surface area contributed by atoms with Crippen LogP contribution in [0.15, 0.2) is 35.7 Å². The highest BCUT2D eigenvalue weighted by Crippen LogP contribution is 2.33. The Morgan fingerprint density at radius 1 is 1.32 bits per heavy atom. The summed E-state index contributed by atoms with van der Waals surface area (Å²) in [6.07, 6.45) is 0.381. The Labute approximate surface area is 150 Å². The van der Waals surface area contributed by atoms with Crippen LogP contribution in [0.25, 0.3) is 0 Å². The fourth-order valence-corrected chi connectivity index (χ4v) is 4.22. The molecule has 4 rings (SSSR count). The van der Waals surface area contributed by atoms with Crippen LogP contribution in [-0.2, 0) is 11.2 Å². The summed E-state index contributed by atoms with van der Waals surface area (Å²) in [5.41, 5.74) is 1.11. The molecule has 0 N–H and O–H groups in total. The maximum absolute atomic E-state index is 12.8. The Hall–Kier alpha value is -2.41. The molecular formula is C18H19N3O3S. The highest BCUT2D eigenvalue weighted by Gasteiger charge is 2.51. The Morgan fingerprint density at radius 2 is 2.12 bits per heavy atom. The van der Waals surface area contributed by atoms with Crippen LogP contribution in [0, 0.1) is 6.92 Å². The lowest BCUT2D eigenvalue weighted by Crippen LogP contribution is -2.63. The van der Waals surface area contributed by atoms with Crippen LogP contribution < -0.4 is 0 Å². The Balaban J connectivity index is 1.60. The molecule has 25 heavy (non-hydrogen) atoms. The molecule has 2 fully saturated rings. The Morgan fingerprint density at radius 3 is 2.84 bits per heavy atom. The van der Waals surface area contributed by atoms with Crippen LogP contribution in [0.5, 0.6) is 0 Å².